The quantitative estimate of drug-likeness (QED) is 0.336. The first-order valence-electron chi connectivity index (χ1n) is 11.7. The summed E-state index contributed by atoms with van der Waals surface area (Å²) in [6.07, 6.45) is -0.618. The molecular formula is C26H30N2O8. The van der Waals surface area contributed by atoms with Gasteiger partial charge in [-0.15, -0.1) is 0 Å². The molecule has 10 heteroatoms. The number of phenols is 1. The van der Waals surface area contributed by atoms with Gasteiger partial charge in [-0.25, -0.2) is 0 Å². The summed E-state index contributed by atoms with van der Waals surface area (Å²) in [5.74, 6) is -4.25. The molecule has 1 amide bonds. The number of carbonyl (C=O) groups excluding carboxylic acids is 3. The monoisotopic (exact) mass is 498 g/mol. The van der Waals surface area contributed by atoms with Crippen LogP contribution in [0, 0.1) is 11.8 Å². The Morgan fingerprint density at radius 2 is 1.92 bits per heavy atom. The summed E-state index contributed by atoms with van der Waals surface area (Å²) in [6.45, 7) is 0.180. The van der Waals surface area contributed by atoms with Crippen molar-refractivity contribution in [3.63, 3.8) is 0 Å². The highest BCUT2D eigenvalue weighted by molar-refractivity contribution is 6.23. The van der Waals surface area contributed by atoms with Gasteiger partial charge in [0.1, 0.15) is 23.0 Å². The molecule has 2 aromatic rings. The summed E-state index contributed by atoms with van der Waals surface area (Å²) in [6, 6.07) is 6.69. The molecule has 192 valence electrons. The maximum absolute atomic E-state index is 13.6. The minimum Gasteiger partial charge on any atom is -0.507 e. The minimum absolute atomic E-state index is 0.0305. The Kier molecular flexibility index (Phi) is 6.78. The SMILES string of the molecule is CN(C)Cc1ccc(-c2ccc(O)c3c2C[C@H]2C[C@@H](CCO)[C@@](O)(C(=O)CC(N)=O)C(=O)C2=C3O)o1. The molecular weight excluding hydrogens is 468 g/mol. The van der Waals surface area contributed by atoms with Crippen LogP contribution in [0.2, 0.25) is 0 Å². The van der Waals surface area contributed by atoms with E-state index < -0.39 is 53.7 Å². The van der Waals surface area contributed by atoms with E-state index in [4.69, 9.17) is 10.2 Å². The van der Waals surface area contributed by atoms with Crippen LogP contribution in [-0.4, -0.2) is 69.1 Å². The minimum atomic E-state index is -2.62. The summed E-state index contributed by atoms with van der Waals surface area (Å²) in [7, 11) is 3.82. The van der Waals surface area contributed by atoms with Gasteiger partial charge >= 0.3 is 0 Å². The number of nitrogens with two attached hydrogens (primary N) is 1. The van der Waals surface area contributed by atoms with E-state index in [-0.39, 0.29) is 36.1 Å². The summed E-state index contributed by atoms with van der Waals surface area (Å²) < 4.78 is 5.99. The highest BCUT2D eigenvalue weighted by Gasteiger charge is 2.57. The Balaban J connectivity index is 1.84. The van der Waals surface area contributed by atoms with Crippen LogP contribution >= 0.6 is 0 Å². The lowest BCUT2D eigenvalue weighted by Crippen LogP contribution is -2.59. The molecule has 1 fully saturated rings. The highest BCUT2D eigenvalue weighted by atomic mass is 16.3. The molecule has 4 rings (SSSR count). The number of hydrogen-bond donors (Lipinski definition) is 5. The van der Waals surface area contributed by atoms with Crippen molar-refractivity contribution in [1.29, 1.82) is 0 Å². The van der Waals surface area contributed by atoms with E-state index in [0.29, 0.717) is 23.4 Å². The fraction of sp³-hybridized carbons (Fsp3) is 0.423. The van der Waals surface area contributed by atoms with E-state index in [1.165, 1.54) is 6.07 Å². The van der Waals surface area contributed by atoms with Crippen molar-refractivity contribution in [3.8, 4) is 17.1 Å². The number of amides is 1. The molecule has 0 radical (unpaired) electrons. The second kappa shape index (κ2) is 9.53. The van der Waals surface area contributed by atoms with Crippen LogP contribution in [0.1, 0.15) is 36.1 Å². The van der Waals surface area contributed by atoms with Crippen molar-refractivity contribution in [2.75, 3.05) is 20.7 Å². The third kappa shape index (κ3) is 4.21. The first kappa shape index (κ1) is 25.6. The van der Waals surface area contributed by atoms with Crippen LogP contribution in [0.3, 0.4) is 0 Å². The topological polar surface area (TPSA) is 175 Å². The zero-order valence-corrected chi connectivity index (χ0v) is 20.2. The van der Waals surface area contributed by atoms with Crippen LogP contribution in [0.4, 0.5) is 0 Å². The molecule has 0 saturated heterocycles. The number of primary amides is 1. The van der Waals surface area contributed by atoms with Crippen molar-refractivity contribution >= 4 is 23.2 Å². The second-order valence-electron chi connectivity index (χ2n) is 9.76. The van der Waals surface area contributed by atoms with Crippen molar-refractivity contribution < 1.29 is 39.2 Å². The molecule has 1 saturated carbocycles. The zero-order valence-electron chi connectivity index (χ0n) is 20.2. The highest BCUT2D eigenvalue weighted by Crippen LogP contribution is 2.50. The van der Waals surface area contributed by atoms with Crippen molar-refractivity contribution in [3.05, 3.63) is 46.7 Å². The number of Topliss-reactive ketones (excluding diaryl/α,β-unsaturated/α-hetero) is 2. The molecule has 36 heavy (non-hydrogen) atoms. The predicted molar refractivity (Wildman–Crippen MR) is 129 cm³/mol. The Morgan fingerprint density at radius 3 is 2.56 bits per heavy atom. The number of rotatable bonds is 8. The average molecular weight is 499 g/mol. The summed E-state index contributed by atoms with van der Waals surface area (Å²) >= 11 is 0. The summed E-state index contributed by atoms with van der Waals surface area (Å²) in [5, 5.41) is 42.7. The van der Waals surface area contributed by atoms with Crippen molar-refractivity contribution in [1.82, 2.24) is 4.90 Å². The van der Waals surface area contributed by atoms with Crippen LogP contribution in [0.25, 0.3) is 17.1 Å². The lowest BCUT2D eigenvalue weighted by molar-refractivity contribution is -0.159. The van der Waals surface area contributed by atoms with Gasteiger partial charge in [-0.05, 0) is 69.1 Å². The van der Waals surface area contributed by atoms with Crippen LogP contribution < -0.4 is 5.73 Å². The summed E-state index contributed by atoms with van der Waals surface area (Å²) in [4.78, 5) is 39.7. The molecule has 0 spiro atoms. The van der Waals surface area contributed by atoms with Gasteiger partial charge in [-0.3, -0.25) is 14.4 Å². The number of aliphatic hydroxyl groups excluding tert-OH is 2. The molecule has 2 aliphatic rings. The number of aromatic hydroxyl groups is 1. The van der Waals surface area contributed by atoms with Gasteiger partial charge in [0, 0.05) is 23.7 Å². The number of furan rings is 1. The van der Waals surface area contributed by atoms with Gasteiger partial charge in [0.15, 0.2) is 11.4 Å². The van der Waals surface area contributed by atoms with Gasteiger partial charge in [0.05, 0.1) is 18.5 Å². The van der Waals surface area contributed by atoms with E-state index in [0.717, 1.165) is 5.76 Å². The predicted octanol–water partition coefficient (Wildman–Crippen LogP) is 1.30. The third-order valence-electron chi connectivity index (χ3n) is 7.03. The molecule has 10 nitrogen and oxygen atoms in total. The smallest absolute Gasteiger partial charge is 0.225 e. The van der Waals surface area contributed by atoms with Crippen LogP contribution in [-0.2, 0) is 27.3 Å². The van der Waals surface area contributed by atoms with E-state index >= 15 is 0 Å². The van der Waals surface area contributed by atoms with E-state index in [1.807, 2.05) is 25.1 Å². The Labute approximate surface area is 207 Å². The van der Waals surface area contributed by atoms with Gasteiger partial charge in [0.25, 0.3) is 0 Å². The molecule has 3 atom stereocenters. The van der Waals surface area contributed by atoms with Gasteiger partial charge < -0.3 is 35.5 Å². The molecule has 6 N–H and O–H groups in total. The van der Waals surface area contributed by atoms with E-state index in [2.05, 4.69) is 0 Å². The lowest BCUT2D eigenvalue weighted by atomic mass is 9.61. The third-order valence-corrected chi connectivity index (χ3v) is 7.03. The number of nitrogens with zero attached hydrogens (tertiary/aromatic N) is 1. The van der Waals surface area contributed by atoms with Crippen molar-refractivity contribution in [2.45, 2.75) is 37.8 Å². The fourth-order valence-electron chi connectivity index (χ4n) is 5.47. The number of carbonyl (C=O) groups is 3. The number of hydrogen-bond acceptors (Lipinski definition) is 9. The average Bonchev–Trinajstić information content (AvgIpc) is 3.24. The first-order valence-corrected chi connectivity index (χ1v) is 11.7. The van der Waals surface area contributed by atoms with Crippen LogP contribution in [0.5, 0.6) is 5.75 Å². The Bertz CT molecular complexity index is 1260. The molecule has 1 heterocycles. The standard InChI is InChI=1S/C26H30N2O8/c1-28(2)12-15-3-6-19(36-15)16-4-5-18(30)23-17(16)10-13-9-14(7-8-29)26(35,20(31)11-21(27)32)25(34)22(13)24(23)33/h3-6,13-14,29-30,33,35H,7-12H2,1-2H3,(H2,27,32)/t13-,14-,26-/m1/s1. The number of fused-ring (bicyclic) bond motifs is 2. The normalized spacial score (nSPS) is 23.5. The van der Waals surface area contributed by atoms with Crippen LogP contribution in [0.15, 0.2) is 34.3 Å². The molecule has 1 aromatic carbocycles. The van der Waals surface area contributed by atoms with Crippen molar-refractivity contribution in [2.24, 2.45) is 17.6 Å². The molecule has 0 unspecified atom stereocenters. The molecule has 1 aromatic heterocycles. The number of phenolic OH excluding ortho intramolecular Hbond substituents is 1. The zero-order chi connectivity index (χ0) is 26.4. The number of ketones is 2. The first-order chi connectivity index (χ1) is 17.0. The van der Waals surface area contributed by atoms with Gasteiger partial charge in [-0.1, -0.05) is 0 Å². The molecule has 0 bridgehead atoms. The maximum Gasteiger partial charge on any atom is 0.225 e. The van der Waals surface area contributed by atoms with Gasteiger partial charge in [-0.2, -0.15) is 0 Å². The van der Waals surface area contributed by atoms with E-state index in [1.54, 1.807) is 12.1 Å². The van der Waals surface area contributed by atoms with E-state index in [9.17, 15) is 34.8 Å². The fourth-order valence-corrected chi connectivity index (χ4v) is 5.47. The summed E-state index contributed by atoms with van der Waals surface area (Å²) in [5.41, 5.74) is 3.56. The Hall–Kier alpha value is -3.47. The Morgan fingerprint density at radius 1 is 1.19 bits per heavy atom. The lowest BCUT2D eigenvalue weighted by Gasteiger charge is -2.43. The molecule has 2 aliphatic carbocycles. The molecule has 0 aliphatic heterocycles. The maximum atomic E-state index is 13.6. The number of benzene rings is 1. The largest absolute Gasteiger partial charge is 0.507 e. The number of aliphatic hydroxyl groups is 3. The second-order valence-corrected chi connectivity index (χ2v) is 9.76. The van der Waals surface area contributed by atoms with Gasteiger partial charge in [0.2, 0.25) is 11.7 Å².